The molecule has 4 rings (SSSR count). The Bertz CT molecular complexity index is 1200. The Balaban J connectivity index is 2.23. The molecule has 2 aromatic carbocycles. The van der Waals surface area contributed by atoms with Crippen LogP contribution >= 0.6 is 0 Å². The molecule has 0 atom stereocenters. The number of nitrogens with two attached hydrogens (primary N) is 1. The summed E-state index contributed by atoms with van der Waals surface area (Å²) >= 11 is 0. The normalized spacial score (nSPS) is 12.2. The number of rotatable bonds is 2. The second-order valence-corrected chi connectivity index (χ2v) is 7.11. The van der Waals surface area contributed by atoms with Gasteiger partial charge in [-0.15, -0.1) is 0 Å². The molecule has 1 aliphatic carbocycles. The van der Waals surface area contributed by atoms with Gasteiger partial charge in [-0.05, 0) is 62.1 Å². The van der Waals surface area contributed by atoms with Gasteiger partial charge in [0.2, 0.25) is 0 Å². The molecule has 1 heterocycles. The van der Waals surface area contributed by atoms with E-state index >= 15 is 0 Å². The Hall–Kier alpha value is -3.07. The quantitative estimate of drug-likeness (QED) is 0.374. The van der Waals surface area contributed by atoms with Crippen molar-refractivity contribution in [2.75, 3.05) is 12.3 Å². The summed E-state index contributed by atoms with van der Waals surface area (Å²) in [5, 5.41) is 2.06. The summed E-state index contributed by atoms with van der Waals surface area (Å²) in [7, 11) is 0. The zero-order chi connectivity index (χ0) is 19.1. The minimum Gasteiger partial charge on any atom is -0.456 e. The summed E-state index contributed by atoms with van der Waals surface area (Å²) < 4.78 is 6.29. The number of fused-ring (bicyclic) bond motifs is 2. The highest BCUT2D eigenvalue weighted by Gasteiger charge is 2.19. The van der Waals surface area contributed by atoms with Crippen LogP contribution in [0, 0.1) is 20.8 Å². The Morgan fingerprint density at radius 2 is 1.67 bits per heavy atom. The molecule has 0 unspecified atom stereocenters. The summed E-state index contributed by atoms with van der Waals surface area (Å²) in [6, 6.07) is 16.8. The average molecular weight is 356 g/mol. The fourth-order valence-electron chi connectivity index (χ4n) is 3.69. The van der Waals surface area contributed by atoms with Crippen LogP contribution < -0.4 is 11.1 Å². The van der Waals surface area contributed by atoms with E-state index in [1.807, 2.05) is 26.0 Å². The number of hydrogen-bond donors (Lipinski definition) is 1. The van der Waals surface area contributed by atoms with Crippen LogP contribution in [0.4, 0.5) is 5.69 Å². The first kappa shape index (κ1) is 17.3. The monoisotopic (exact) mass is 356 g/mol. The van der Waals surface area contributed by atoms with Gasteiger partial charge in [-0.2, -0.15) is 0 Å². The van der Waals surface area contributed by atoms with Crippen molar-refractivity contribution in [1.82, 2.24) is 0 Å². The maximum Gasteiger partial charge on any atom is 0.137 e. The number of hydrogen-bond acceptors (Lipinski definition) is 3. The van der Waals surface area contributed by atoms with Gasteiger partial charge in [-0.1, -0.05) is 24.3 Å². The van der Waals surface area contributed by atoms with E-state index in [9.17, 15) is 0 Å². The summed E-state index contributed by atoms with van der Waals surface area (Å²) in [5.74, 6) is 0.835. The van der Waals surface area contributed by atoms with Crippen molar-refractivity contribution < 1.29 is 4.42 Å². The third kappa shape index (κ3) is 2.89. The molecule has 2 aromatic rings. The number of nitrogens with zero attached hydrogens (tertiary/aromatic N) is 1. The molecule has 0 saturated carbocycles. The van der Waals surface area contributed by atoms with Gasteiger partial charge in [0.1, 0.15) is 11.3 Å². The predicted molar refractivity (Wildman–Crippen MR) is 113 cm³/mol. The molecular formula is C24H24N2O. The largest absolute Gasteiger partial charge is 0.456 e. The number of benzene rings is 3. The molecule has 27 heavy (non-hydrogen) atoms. The topological polar surface area (TPSA) is 51.5 Å². The lowest BCUT2D eigenvalue weighted by Crippen LogP contribution is -2.09. The fourth-order valence-corrected chi connectivity index (χ4v) is 3.69. The Morgan fingerprint density at radius 3 is 2.41 bits per heavy atom. The third-order valence-corrected chi connectivity index (χ3v) is 5.17. The summed E-state index contributed by atoms with van der Waals surface area (Å²) in [6.07, 6.45) is 0. The van der Waals surface area contributed by atoms with Crippen LogP contribution in [0.5, 0.6) is 0 Å². The molecule has 0 saturated heterocycles. The van der Waals surface area contributed by atoms with E-state index in [0.717, 1.165) is 51.0 Å². The van der Waals surface area contributed by atoms with E-state index in [-0.39, 0.29) is 0 Å². The van der Waals surface area contributed by atoms with E-state index in [1.54, 1.807) is 0 Å². The van der Waals surface area contributed by atoms with E-state index in [4.69, 9.17) is 10.2 Å². The molecule has 0 radical (unpaired) electrons. The van der Waals surface area contributed by atoms with E-state index in [1.165, 1.54) is 16.7 Å². The van der Waals surface area contributed by atoms with Gasteiger partial charge in [0.05, 0.1) is 5.36 Å². The van der Waals surface area contributed by atoms with Crippen molar-refractivity contribution in [2.45, 2.75) is 27.7 Å². The molecule has 136 valence electrons. The lowest BCUT2D eigenvalue weighted by Gasteiger charge is -2.18. The average Bonchev–Trinajstić information content (AvgIpc) is 2.63. The lowest BCUT2D eigenvalue weighted by molar-refractivity contribution is 0.618. The highest BCUT2D eigenvalue weighted by molar-refractivity contribution is 6.03. The van der Waals surface area contributed by atoms with Crippen molar-refractivity contribution in [3.8, 4) is 22.5 Å². The molecule has 2 aliphatic rings. The zero-order valence-electron chi connectivity index (χ0n) is 16.3. The van der Waals surface area contributed by atoms with Crippen LogP contribution in [0.25, 0.3) is 33.4 Å². The summed E-state index contributed by atoms with van der Waals surface area (Å²) in [5.41, 5.74) is 14.7. The predicted octanol–water partition coefficient (Wildman–Crippen LogP) is 5.63. The van der Waals surface area contributed by atoms with Crippen LogP contribution in [-0.4, -0.2) is 6.54 Å². The van der Waals surface area contributed by atoms with Crippen LogP contribution in [0.1, 0.15) is 23.6 Å². The molecule has 0 amide bonds. The van der Waals surface area contributed by atoms with Gasteiger partial charge < -0.3 is 10.2 Å². The summed E-state index contributed by atoms with van der Waals surface area (Å²) in [4.78, 5) is 4.60. The number of anilines is 1. The maximum absolute atomic E-state index is 6.29. The first-order chi connectivity index (χ1) is 13.0. The van der Waals surface area contributed by atoms with Gasteiger partial charge in [-0.25, -0.2) is 0 Å². The number of aryl methyl sites for hydroxylation is 3. The van der Waals surface area contributed by atoms with Gasteiger partial charge in [0.25, 0.3) is 0 Å². The Morgan fingerprint density at radius 1 is 0.889 bits per heavy atom. The Kier molecular flexibility index (Phi) is 4.23. The standard InChI is InChI=1S/C24H24N2O/c1-5-26-21-13-23-19(11-16(21)4)24(17-9-7-6-8-14(17)2)18-10-15(3)20(25)12-22(18)27-23/h6-13H,5,25H2,1-4H3. The second kappa shape index (κ2) is 6.58. The highest BCUT2D eigenvalue weighted by atomic mass is 16.3. The van der Waals surface area contributed by atoms with Crippen LogP contribution in [-0.2, 0) is 0 Å². The van der Waals surface area contributed by atoms with Gasteiger partial charge >= 0.3 is 0 Å². The molecule has 3 heteroatoms. The number of nitrogen functional groups attached to an aromatic ring is 1. The fraction of sp³-hybridized carbons (Fsp3) is 0.208. The molecule has 0 aromatic heterocycles. The molecule has 0 spiro atoms. The third-order valence-electron chi connectivity index (χ3n) is 5.17. The smallest absolute Gasteiger partial charge is 0.137 e. The van der Waals surface area contributed by atoms with Crippen molar-refractivity contribution >= 4 is 16.7 Å². The molecule has 2 N–H and O–H groups in total. The second-order valence-electron chi connectivity index (χ2n) is 7.11. The van der Waals surface area contributed by atoms with Gasteiger partial charge in [0.15, 0.2) is 0 Å². The molecule has 3 nitrogen and oxygen atoms in total. The van der Waals surface area contributed by atoms with E-state index in [0.29, 0.717) is 0 Å². The highest BCUT2D eigenvalue weighted by Crippen LogP contribution is 2.42. The van der Waals surface area contributed by atoms with Crippen LogP contribution in [0.3, 0.4) is 0 Å². The molecule has 1 aliphatic heterocycles. The van der Waals surface area contributed by atoms with Crippen molar-refractivity contribution in [1.29, 1.82) is 0 Å². The molecule has 0 bridgehead atoms. The SMILES string of the molecule is CCN=c1cc2oc3cc(N)c(C)cc3c(-c3ccccc3C)c-2cc1C. The minimum absolute atomic E-state index is 0.743. The van der Waals surface area contributed by atoms with Crippen molar-refractivity contribution in [3.63, 3.8) is 0 Å². The molecular weight excluding hydrogens is 332 g/mol. The first-order valence-electron chi connectivity index (χ1n) is 9.33. The van der Waals surface area contributed by atoms with Gasteiger partial charge in [0, 0.05) is 40.9 Å². The van der Waals surface area contributed by atoms with Crippen LogP contribution in [0.2, 0.25) is 0 Å². The lowest BCUT2D eigenvalue weighted by atomic mass is 9.89. The summed E-state index contributed by atoms with van der Waals surface area (Å²) in [6.45, 7) is 9.08. The minimum atomic E-state index is 0.743. The van der Waals surface area contributed by atoms with Crippen LogP contribution in [0.15, 0.2) is 57.9 Å². The maximum atomic E-state index is 6.29. The first-order valence-corrected chi connectivity index (χ1v) is 9.33. The van der Waals surface area contributed by atoms with E-state index in [2.05, 4.69) is 55.2 Å². The van der Waals surface area contributed by atoms with Crippen molar-refractivity contribution in [2.24, 2.45) is 4.99 Å². The molecule has 0 fully saturated rings. The van der Waals surface area contributed by atoms with Crippen molar-refractivity contribution in [3.05, 3.63) is 70.6 Å². The zero-order valence-corrected chi connectivity index (χ0v) is 16.3. The van der Waals surface area contributed by atoms with E-state index < -0.39 is 0 Å². The Labute approximate surface area is 159 Å². The van der Waals surface area contributed by atoms with Gasteiger partial charge in [-0.3, -0.25) is 4.99 Å².